The van der Waals surface area contributed by atoms with Gasteiger partial charge in [-0.25, -0.2) is 0 Å². The summed E-state index contributed by atoms with van der Waals surface area (Å²) in [4.78, 5) is 0. The molecule has 0 unspecified atom stereocenters. The van der Waals surface area contributed by atoms with E-state index in [0.717, 1.165) is 99.6 Å². The number of aryl methyl sites for hydroxylation is 6. The van der Waals surface area contributed by atoms with E-state index in [4.69, 9.17) is 28.4 Å². The maximum absolute atomic E-state index is 6.73. The van der Waals surface area contributed by atoms with E-state index >= 15 is 0 Å². The second-order valence-corrected chi connectivity index (χ2v) is 29.1. The molecule has 0 fully saturated rings. The molecule has 0 atom stereocenters. The van der Waals surface area contributed by atoms with Gasteiger partial charge in [-0.1, -0.05) is 125 Å². The highest BCUT2D eigenvalue weighted by Crippen LogP contribution is 2.44. The van der Waals surface area contributed by atoms with E-state index in [1.54, 1.807) is 42.7 Å². The lowest BCUT2D eigenvalue weighted by Crippen LogP contribution is -2.15. The van der Waals surface area contributed by atoms with Gasteiger partial charge < -0.3 is 55.8 Å². The second kappa shape index (κ2) is 22.7. The van der Waals surface area contributed by atoms with Crippen molar-refractivity contribution >= 4 is 66.2 Å². The summed E-state index contributed by atoms with van der Waals surface area (Å²) in [6, 6.07) is 27.2. The molecule has 0 aliphatic carbocycles. The third-order valence-electron chi connectivity index (χ3n) is 17.1. The maximum Gasteiger partial charge on any atom is 0.166 e. The highest BCUT2D eigenvalue weighted by molar-refractivity contribution is 5.90. The predicted molar refractivity (Wildman–Crippen MR) is 356 cm³/mol. The Morgan fingerprint density at radius 3 is 0.333 bits per heavy atom. The standard InChI is InChI=1S/C72H102N6O6/c1-67(2,3)43-31-49-61(79-25)50(32-43)74(20)52-34-45(69(7,8)9)36-54(63(52)81-27)76(22)56-38-47(71(13,14)15)40-58(65(56)83-29)78(24)60-42-48(72(16,17)18)41-59(66(60)84-30)77(23)57-39-46(70(10,11)12)37-55(64(57)82-28)75(21)53-35-44(68(4,5)6)33-51(73(49)19)62(53)80-26/h31-42H,1-30H3. The van der Waals surface area contributed by atoms with Crippen LogP contribution in [0.5, 0.6) is 34.5 Å². The van der Waals surface area contributed by atoms with E-state index < -0.39 is 0 Å². The Labute approximate surface area is 502 Å². The Morgan fingerprint density at radius 2 is 0.274 bits per heavy atom. The Morgan fingerprint density at radius 1 is 0.190 bits per heavy atom. The number of aromatic nitrogens is 6. The lowest BCUT2D eigenvalue weighted by molar-refractivity contribution is 0.414. The zero-order valence-corrected chi connectivity index (χ0v) is 57.1. The van der Waals surface area contributed by atoms with Crippen LogP contribution in [0.25, 0.3) is 66.2 Å². The largest absolute Gasteiger partial charge is 0.492 e. The highest BCUT2D eigenvalue weighted by atomic mass is 16.5. The summed E-state index contributed by atoms with van der Waals surface area (Å²) in [5.74, 6) is 4.12. The molecule has 84 heavy (non-hydrogen) atoms. The quantitative estimate of drug-likeness (QED) is 0.165. The smallest absolute Gasteiger partial charge is 0.166 e. The number of rotatable bonds is 6. The highest BCUT2D eigenvalue weighted by Gasteiger charge is 2.27. The molecular formula is C72H102N6O6. The van der Waals surface area contributed by atoms with Gasteiger partial charge in [-0.05, 0) is 139 Å². The molecule has 1 heterocycles. The summed E-state index contributed by atoms with van der Waals surface area (Å²) in [5.41, 5.74) is 15.5. The van der Waals surface area contributed by atoms with Crippen LogP contribution >= 0.6 is 0 Å². The minimum atomic E-state index is -0.275. The minimum absolute atomic E-state index is 0.275. The SMILES string of the molecule is COc1c2cc(C(C)(C)C)cc1n(C)c1cc(C(C)(C)C)cc(c1OC)n(C)c1cc(C(C)(C)C)cc(c1OC)n(C)c1cc(C(C)(C)C)cc(c1OC)n(C)c1cc(C(C)(C)C)cc(c1OC)n(C)c1cc(C(C)(C)C)cc(c1OC)n2C. The molecule has 12 bridgehead atoms. The van der Waals surface area contributed by atoms with E-state index in [-0.39, 0.29) is 32.5 Å². The number of ether oxygens (including phenoxy) is 6. The third-order valence-corrected chi connectivity index (χ3v) is 17.1. The van der Waals surface area contributed by atoms with Gasteiger partial charge in [0.05, 0.1) is 109 Å². The maximum atomic E-state index is 6.73. The summed E-state index contributed by atoms with van der Waals surface area (Å²) >= 11 is 0. The van der Waals surface area contributed by atoms with Crippen molar-refractivity contribution in [2.24, 2.45) is 42.3 Å². The van der Waals surface area contributed by atoms with Crippen molar-refractivity contribution in [1.82, 2.24) is 27.4 Å². The number of hydrogen-bond acceptors (Lipinski definition) is 6. The van der Waals surface area contributed by atoms with Gasteiger partial charge in [-0.2, -0.15) is 0 Å². The molecule has 0 radical (unpaired) electrons. The Hall–Kier alpha value is -7.08. The van der Waals surface area contributed by atoms with E-state index in [1.165, 1.54) is 0 Å². The molecule has 12 heteroatoms. The minimum Gasteiger partial charge on any atom is -0.492 e. The summed E-state index contributed by atoms with van der Waals surface area (Å²) < 4.78 is 53.7. The normalized spacial score (nSPS) is 12.6. The molecule has 0 N–H and O–H groups in total. The van der Waals surface area contributed by atoms with Crippen molar-refractivity contribution < 1.29 is 28.4 Å². The Bertz CT molecular complexity index is 3190. The number of benzene rings is 6. The van der Waals surface area contributed by atoms with Gasteiger partial charge in [0.15, 0.2) is 34.5 Å². The first-order chi connectivity index (χ1) is 38.7. The first-order valence-corrected chi connectivity index (χ1v) is 29.5. The van der Waals surface area contributed by atoms with E-state index in [0.29, 0.717) is 34.5 Å². The summed E-state index contributed by atoms with van der Waals surface area (Å²) in [7, 11) is 23.3. The molecule has 7 aromatic rings. The van der Waals surface area contributed by atoms with Gasteiger partial charge >= 0.3 is 0 Å². The fourth-order valence-electron chi connectivity index (χ4n) is 11.2. The van der Waals surface area contributed by atoms with Crippen LogP contribution in [0.2, 0.25) is 0 Å². The van der Waals surface area contributed by atoms with Gasteiger partial charge in [0.1, 0.15) is 0 Å². The van der Waals surface area contributed by atoms with Gasteiger partial charge in [0.2, 0.25) is 0 Å². The lowest BCUT2D eigenvalue weighted by Gasteiger charge is -2.26. The molecule has 1 aromatic heterocycles. The van der Waals surface area contributed by atoms with Crippen molar-refractivity contribution in [3.05, 3.63) is 106 Å². The van der Waals surface area contributed by atoms with Crippen molar-refractivity contribution in [3.8, 4) is 34.5 Å². The molecule has 0 saturated carbocycles. The first-order valence-electron chi connectivity index (χ1n) is 29.5. The number of hydrogen-bond donors (Lipinski definition) is 0. The Kier molecular flexibility index (Phi) is 17.4. The number of methoxy groups -OCH3 is 6. The van der Waals surface area contributed by atoms with Crippen molar-refractivity contribution in [2.45, 2.75) is 157 Å². The van der Waals surface area contributed by atoms with E-state index in [9.17, 15) is 0 Å². The van der Waals surface area contributed by atoms with Gasteiger partial charge in [-0.15, -0.1) is 0 Å². The van der Waals surface area contributed by atoms with Gasteiger partial charge in [0.25, 0.3) is 0 Å². The van der Waals surface area contributed by atoms with Crippen LogP contribution in [0.1, 0.15) is 158 Å². The summed E-state index contributed by atoms with van der Waals surface area (Å²) in [6.07, 6.45) is 0. The van der Waals surface area contributed by atoms with Crippen molar-refractivity contribution in [2.75, 3.05) is 42.7 Å². The van der Waals surface area contributed by atoms with Crippen LogP contribution < -0.4 is 28.4 Å². The molecule has 0 saturated heterocycles. The van der Waals surface area contributed by atoms with Crippen LogP contribution in [0, 0.1) is 0 Å². The van der Waals surface area contributed by atoms with Crippen LogP contribution in [-0.2, 0) is 74.8 Å². The molecule has 7 rings (SSSR count). The molecule has 12 nitrogen and oxygen atoms in total. The number of nitrogens with zero attached hydrogens (tertiary/aromatic N) is 6. The molecule has 456 valence electrons. The van der Waals surface area contributed by atoms with E-state index in [1.807, 2.05) is 0 Å². The second-order valence-electron chi connectivity index (χ2n) is 29.1. The molecule has 0 aliphatic rings. The van der Waals surface area contributed by atoms with Gasteiger partial charge in [-0.3, -0.25) is 0 Å². The zero-order valence-electron chi connectivity index (χ0n) is 57.1. The molecule has 6 aromatic carbocycles. The topological polar surface area (TPSA) is 85.0 Å². The molecule has 0 spiro atoms. The monoisotopic (exact) mass is 1150 g/mol. The average Bonchev–Trinajstić information content (AvgIpc) is 1.18. The zero-order chi connectivity index (χ0) is 63.0. The Balaban J connectivity index is 2.08. The van der Waals surface area contributed by atoms with Crippen molar-refractivity contribution in [1.29, 1.82) is 0 Å². The fraction of sp³-hybridized carbons (Fsp3) is 0.500. The van der Waals surface area contributed by atoms with Crippen LogP contribution in [-0.4, -0.2) is 70.1 Å². The van der Waals surface area contributed by atoms with Crippen LogP contribution in [0.3, 0.4) is 0 Å². The first kappa shape index (κ1) is 64.5. The third kappa shape index (κ3) is 12.0. The van der Waals surface area contributed by atoms with Gasteiger partial charge in [0, 0.05) is 42.3 Å². The van der Waals surface area contributed by atoms with Crippen molar-refractivity contribution in [3.63, 3.8) is 0 Å². The van der Waals surface area contributed by atoms with Crippen LogP contribution in [0.15, 0.2) is 72.8 Å². The fourth-order valence-corrected chi connectivity index (χ4v) is 11.2. The van der Waals surface area contributed by atoms with E-state index in [2.05, 4.69) is 267 Å². The number of fused-ring (bicyclic) bond motifs is 12. The average molecular weight is 1150 g/mol. The lowest BCUT2D eigenvalue weighted by atomic mass is 9.86. The summed E-state index contributed by atoms with van der Waals surface area (Å²) in [6.45, 7) is 40.7. The van der Waals surface area contributed by atoms with Crippen LogP contribution in [0.4, 0.5) is 0 Å². The predicted octanol–water partition coefficient (Wildman–Crippen LogP) is 17.5. The molecular weight excluding hydrogens is 1040 g/mol. The molecule has 0 amide bonds. The molecule has 0 aliphatic heterocycles. The summed E-state index contributed by atoms with van der Waals surface area (Å²) in [5, 5.41) is 0.